The van der Waals surface area contributed by atoms with Crippen molar-refractivity contribution in [3.8, 4) is 11.5 Å². The van der Waals surface area contributed by atoms with Gasteiger partial charge in [0.05, 0.1) is 10.6 Å². The fraction of sp³-hybridized carbons (Fsp3) is 0.318. The molecule has 8 nitrogen and oxygen atoms in total. The van der Waals surface area contributed by atoms with Gasteiger partial charge in [-0.25, -0.2) is 8.42 Å². The number of hydrogen-bond acceptors (Lipinski definition) is 7. The van der Waals surface area contributed by atoms with Crippen molar-refractivity contribution in [2.75, 3.05) is 24.2 Å². The molecule has 0 atom stereocenters. The van der Waals surface area contributed by atoms with Crippen LogP contribution in [-0.4, -0.2) is 47.7 Å². The van der Waals surface area contributed by atoms with Crippen LogP contribution in [-0.2, 0) is 14.8 Å². The van der Waals surface area contributed by atoms with E-state index in [1.165, 1.54) is 10.4 Å². The van der Waals surface area contributed by atoms with Crippen LogP contribution in [0.1, 0.15) is 24.8 Å². The predicted molar refractivity (Wildman–Crippen MR) is 123 cm³/mol. The van der Waals surface area contributed by atoms with Gasteiger partial charge in [-0.2, -0.15) is 4.31 Å². The van der Waals surface area contributed by atoms with E-state index < -0.39 is 10.0 Å². The van der Waals surface area contributed by atoms with Gasteiger partial charge in [0.15, 0.2) is 0 Å². The number of thioether (sulfide) groups is 1. The minimum absolute atomic E-state index is 0.0545. The van der Waals surface area contributed by atoms with Crippen LogP contribution in [0, 0.1) is 6.92 Å². The molecular formula is C22H24N4O4S2. The number of aryl methyl sites for hydroxylation is 1. The Morgan fingerprint density at radius 3 is 2.59 bits per heavy atom. The minimum atomic E-state index is -3.57. The Morgan fingerprint density at radius 2 is 1.84 bits per heavy atom. The van der Waals surface area contributed by atoms with Crippen molar-refractivity contribution in [1.29, 1.82) is 0 Å². The first-order chi connectivity index (χ1) is 15.4. The number of rotatable bonds is 7. The Morgan fingerprint density at radius 1 is 1.09 bits per heavy atom. The molecule has 0 bridgehead atoms. The summed E-state index contributed by atoms with van der Waals surface area (Å²) in [6.45, 7) is 2.89. The van der Waals surface area contributed by atoms with E-state index in [1.54, 1.807) is 12.1 Å². The van der Waals surface area contributed by atoms with Crippen LogP contribution in [0.25, 0.3) is 11.5 Å². The van der Waals surface area contributed by atoms with E-state index in [0.717, 1.165) is 42.2 Å². The van der Waals surface area contributed by atoms with Gasteiger partial charge < -0.3 is 9.73 Å². The van der Waals surface area contributed by atoms with Gasteiger partial charge in [0.2, 0.25) is 21.8 Å². The standard InChI is InChI=1S/C22H24N4O4S2/c1-16-10-11-18(32(28,29)26-12-6-3-7-13-26)14-19(16)23-20(27)15-31-22-25-24-21(30-22)17-8-4-2-5-9-17/h2,4-5,8-11,14H,3,6-7,12-13,15H2,1H3,(H,23,27). The highest BCUT2D eigenvalue weighted by molar-refractivity contribution is 7.99. The van der Waals surface area contributed by atoms with E-state index in [2.05, 4.69) is 15.5 Å². The van der Waals surface area contributed by atoms with E-state index in [0.29, 0.717) is 24.7 Å². The lowest BCUT2D eigenvalue weighted by Gasteiger charge is -2.26. The van der Waals surface area contributed by atoms with Crippen LogP contribution in [0.3, 0.4) is 0 Å². The number of carbonyl (C=O) groups is 1. The number of sulfonamides is 1. The topological polar surface area (TPSA) is 105 Å². The molecule has 3 aromatic rings. The van der Waals surface area contributed by atoms with Crippen LogP contribution in [0.4, 0.5) is 5.69 Å². The van der Waals surface area contributed by atoms with E-state index in [1.807, 2.05) is 37.3 Å². The highest BCUT2D eigenvalue weighted by Gasteiger charge is 2.26. The highest BCUT2D eigenvalue weighted by atomic mass is 32.2. The number of amides is 1. The SMILES string of the molecule is Cc1ccc(S(=O)(=O)N2CCCCC2)cc1NC(=O)CSc1nnc(-c2ccccc2)o1. The molecule has 0 aliphatic carbocycles. The number of nitrogens with zero attached hydrogens (tertiary/aromatic N) is 3. The summed E-state index contributed by atoms with van der Waals surface area (Å²) in [6, 6.07) is 14.2. The molecule has 4 rings (SSSR count). The number of aromatic nitrogens is 2. The molecule has 0 saturated carbocycles. The van der Waals surface area contributed by atoms with Gasteiger partial charge in [-0.3, -0.25) is 4.79 Å². The molecule has 0 radical (unpaired) electrons. The van der Waals surface area contributed by atoms with Gasteiger partial charge in [-0.15, -0.1) is 10.2 Å². The molecule has 1 saturated heterocycles. The molecule has 10 heteroatoms. The highest BCUT2D eigenvalue weighted by Crippen LogP contribution is 2.26. The third-order valence-corrected chi connectivity index (χ3v) is 7.90. The Bertz CT molecular complexity index is 1190. The van der Waals surface area contributed by atoms with Crippen LogP contribution >= 0.6 is 11.8 Å². The predicted octanol–water partition coefficient (Wildman–Crippen LogP) is 3.95. The first-order valence-electron chi connectivity index (χ1n) is 10.4. The smallest absolute Gasteiger partial charge is 0.277 e. The van der Waals surface area contributed by atoms with Crippen LogP contribution < -0.4 is 5.32 Å². The monoisotopic (exact) mass is 472 g/mol. The summed E-state index contributed by atoms with van der Waals surface area (Å²) in [4.78, 5) is 12.7. The third-order valence-electron chi connectivity index (χ3n) is 5.19. The molecule has 32 heavy (non-hydrogen) atoms. The molecule has 1 fully saturated rings. The summed E-state index contributed by atoms with van der Waals surface area (Å²) in [5.41, 5.74) is 2.06. The molecule has 168 valence electrons. The van der Waals surface area contributed by atoms with Gasteiger partial charge in [-0.05, 0) is 49.6 Å². The molecule has 1 aromatic heterocycles. The number of anilines is 1. The van der Waals surface area contributed by atoms with Crippen LogP contribution in [0.5, 0.6) is 0 Å². The van der Waals surface area contributed by atoms with E-state index in [9.17, 15) is 13.2 Å². The van der Waals surface area contributed by atoms with Crippen molar-refractivity contribution in [1.82, 2.24) is 14.5 Å². The zero-order valence-corrected chi connectivity index (χ0v) is 19.3. The van der Waals surface area contributed by atoms with Crippen LogP contribution in [0.15, 0.2) is 63.1 Å². The number of benzene rings is 2. The average Bonchev–Trinajstić information content (AvgIpc) is 3.29. The summed E-state index contributed by atoms with van der Waals surface area (Å²) < 4.78 is 33.0. The second-order valence-corrected chi connectivity index (χ2v) is 10.4. The van der Waals surface area contributed by atoms with Crippen molar-refractivity contribution < 1.29 is 17.6 Å². The Kier molecular flexibility index (Phi) is 6.92. The summed E-state index contributed by atoms with van der Waals surface area (Å²) in [5.74, 6) is 0.156. The maximum Gasteiger partial charge on any atom is 0.277 e. The molecule has 2 aromatic carbocycles. The molecule has 1 N–H and O–H groups in total. The van der Waals surface area contributed by atoms with Gasteiger partial charge in [0, 0.05) is 24.3 Å². The van der Waals surface area contributed by atoms with Gasteiger partial charge in [-0.1, -0.05) is 42.4 Å². The molecule has 1 aliphatic rings. The normalized spacial score (nSPS) is 14.9. The van der Waals surface area contributed by atoms with Crippen molar-refractivity contribution in [2.24, 2.45) is 0 Å². The van der Waals surface area contributed by atoms with Crippen LogP contribution in [0.2, 0.25) is 0 Å². The third kappa shape index (κ3) is 5.20. The lowest BCUT2D eigenvalue weighted by molar-refractivity contribution is -0.113. The van der Waals surface area contributed by atoms with Crippen molar-refractivity contribution in [3.63, 3.8) is 0 Å². The lowest BCUT2D eigenvalue weighted by Crippen LogP contribution is -2.35. The zero-order chi connectivity index (χ0) is 22.6. The minimum Gasteiger partial charge on any atom is -0.411 e. The Balaban J connectivity index is 1.40. The molecule has 0 spiro atoms. The molecular weight excluding hydrogens is 448 g/mol. The van der Waals surface area contributed by atoms with Gasteiger partial charge >= 0.3 is 0 Å². The quantitative estimate of drug-likeness (QED) is 0.519. The maximum atomic E-state index is 12.9. The maximum absolute atomic E-state index is 12.9. The fourth-order valence-corrected chi connectivity index (χ4v) is 5.54. The number of carbonyl (C=O) groups excluding carboxylic acids is 1. The largest absolute Gasteiger partial charge is 0.411 e. The van der Waals surface area contributed by atoms with E-state index >= 15 is 0 Å². The molecule has 0 unspecified atom stereocenters. The Labute approximate surface area is 191 Å². The first-order valence-corrected chi connectivity index (χ1v) is 12.8. The number of piperidine rings is 1. The Hall–Kier alpha value is -2.69. The fourth-order valence-electron chi connectivity index (χ4n) is 3.43. The second-order valence-electron chi connectivity index (χ2n) is 7.52. The molecule has 2 heterocycles. The number of nitrogens with one attached hydrogen (secondary N) is 1. The molecule has 1 amide bonds. The second kappa shape index (κ2) is 9.85. The zero-order valence-electron chi connectivity index (χ0n) is 17.7. The van der Waals surface area contributed by atoms with E-state index in [4.69, 9.17) is 4.42 Å². The summed E-state index contributed by atoms with van der Waals surface area (Å²) in [7, 11) is -3.57. The first kappa shape index (κ1) is 22.5. The van der Waals surface area contributed by atoms with Gasteiger partial charge in [0.25, 0.3) is 5.22 Å². The average molecular weight is 473 g/mol. The van der Waals surface area contributed by atoms with E-state index in [-0.39, 0.29) is 21.8 Å². The summed E-state index contributed by atoms with van der Waals surface area (Å²) in [5, 5.41) is 11.1. The number of hydrogen-bond donors (Lipinski definition) is 1. The lowest BCUT2D eigenvalue weighted by atomic mass is 10.2. The van der Waals surface area contributed by atoms with Crippen molar-refractivity contribution in [3.05, 3.63) is 54.1 Å². The van der Waals surface area contributed by atoms with Crippen molar-refractivity contribution in [2.45, 2.75) is 36.3 Å². The summed E-state index contributed by atoms with van der Waals surface area (Å²) >= 11 is 1.12. The van der Waals surface area contributed by atoms with Gasteiger partial charge in [0.1, 0.15) is 0 Å². The van der Waals surface area contributed by atoms with Crippen molar-refractivity contribution >= 4 is 33.4 Å². The molecule has 1 aliphatic heterocycles. The summed E-state index contributed by atoms with van der Waals surface area (Å²) in [6.07, 6.45) is 2.78.